The predicted molar refractivity (Wildman–Crippen MR) is 231 cm³/mol. The molecule has 0 radical (unpaired) electrons. The van der Waals surface area contributed by atoms with Crippen LogP contribution in [-0.2, 0) is 28.5 Å². The third kappa shape index (κ3) is 19.5. The van der Waals surface area contributed by atoms with Crippen LogP contribution in [0.15, 0.2) is 72.9 Å². The van der Waals surface area contributed by atoms with Gasteiger partial charge in [0.25, 0.3) is 0 Å². The van der Waals surface area contributed by atoms with Gasteiger partial charge < -0.3 is 75.7 Å². The number of carboxylic acid groups (broad SMARTS) is 1. The first-order chi connectivity index (χ1) is 29.8. The first-order valence-corrected chi connectivity index (χ1v) is 22.1. The molecule has 2 fully saturated rings. The van der Waals surface area contributed by atoms with Gasteiger partial charge in [-0.25, -0.2) is 0 Å². The summed E-state index contributed by atoms with van der Waals surface area (Å²) in [5, 5.41) is 107. The van der Waals surface area contributed by atoms with Gasteiger partial charge in [0.05, 0.1) is 73.5 Å². The number of aliphatic hydroxyl groups is 9. The maximum Gasteiger partial charge on any atom is 0.311 e. The summed E-state index contributed by atoms with van der Waals surface area (Å²) in [5.41, 5.74) is 6.03. The number of cyclic esters (lactones) is 1. The lowest BCUT2D eigenvalue weighted by atomic mass is 9.83. The summed E-state index contributed by atoms with van der Waals surface area (Å²) in [6, 6.07) is -1.12. The highest BCUT2D eigenvalue weighted by Crippen LogP contribution is 2.38. The Hall–Kier alpha value is -3.14. The summed E-state index contributed by atoms with van der Waals surface area (Å²) < 4.78 is 23.1. The van der Waals surface area contributed by atoms with E-state index in [0.717, 1.165) is 12.8 Å². The molecule has 17 heteroatoms. The minimum absolute atomic E-state index is 0.0572. The maximum absolute atomic E-state index is 12.5. The molecule has 0 amide bonds. The molecule has 2 saturated heterocycles. The van der Waals surface area contributed by atoms with Gasteiger partial charge in [-0.2, -0.15) is 0 Å². The number of aliphatic carboxylic acids is 1. The molecule has 0 spiro atoms. The van der Waals surface area contributed by atoms with Crippen molar-refractivity contribution in [1.29, 1.82) is 0 Å². The summed E-state index contributed by atoms with van der Waals surface area (Å²) in [6.07, 6.45) is 7.02. The van der Waals surface area contributed by atoms with E-state index in [-0.39, 0.29) is 50.9 Å². The Bertz CT molecular complexity index is 1550. The van der Waals surface area contributed by atoms with Crippen LogP contribution in [0.1, 0.15) is 97.8 Å². The lowest BCUT2D eigenvalue weighted by Gasteiger charge is -2.45. The zero-order valence-corrected chi connectivity index (χ0v) is 36.7. The zero-order valence-electron chi connectivity index (χ0n) is 36.7. The third-order valence-electron chi connectivity index (χ3n) is 11.5. The molecule has 358 valence electrons. The van der Waals surface area contributed by atoms with Crippen molar-refractivity contribution in [2.45, 2.75) is 189 Å². The van der Waals surface area contributed by atoms with Crippen LogP contribution in [-0.4, -0.2) is 154 Å². The molecule has 0 aliphatic carbocycles. The number of allylic oxidation sites excluding steroid dienone is 10. The van der Waals surface area contributed by atoms with Crippen molar-refractivity contribution in [3.8, 4) is 0 Å². The second-order valence-electron chi connectivity index (χ2n) is 17.3. The smallest absolute Gasteiger partial charge is 0.311 e. The number of carboxylic acids is 1. The molecule has 0 aromatic rings. The highest BCUT2D eigenvalue weighted by Gasteiger charge is 2.50. The topological polar surface area (TPSA) is 299 Å². The Kier molecular flexibility index (Phi) is 23.5. The summed E-state index contributed by atoms with van der Waals surface area (Å²) >= 11 is 0. The van der Waals surface area contributed by atoms with Crippen molar-refractivity contribution in [3.05, 3.63) is 72.9 Å². The number of esters is 1. The molecule has 3 heterocycles. The number of ether oxygens (including phenoxy) is 4. The van der Waals surface area contributed by atoms with E-state index in [0.29, 0.717) is 0 Å². The monoisotopic (exact) mass is 895 g/mol. The van der Waals surface area contributed by atoms with E-state index in [2.05, 4.69) is 0 Å². The Balaban J connectivity index is 1.80. The number of fused-ring (bicyclic) bond motifs is 2. The van der Waals surface area contributed by atoms with E-state index in [1.165, 1.54) is 0 Å². The summed E-state index contributed by atoms with van der Waals surface area (Å²) in [6.45, 7) is 5.05. The van der Waals surface area contributed by atoms with Crippen LogP contribution >= 0.6 is 0 Å². The summed E-state index contributed by atoms with van der Waals surface area (Å²) in [5.74, 6) is -6.00. The Labute approximate surface area is 370 Å². The highest BCUT2D eigenvalue weighted by molar-refractivity contribution is 5.71. The van der Waals surface area contributed by atoms with Gasteiger partial charge in [0.2, 0.25) is 0 Å². The lowest BCUT2D eigenvalue weighted by Crippen LogP contribution is -2.61. The number of nitrogens with two attached hydrogens (primary N) is 1. The summed E-state index contributed by atoms with van der Waals surface area (Å²) in [7, 11) is 0. The largest absolute Gasteiger partial charge is 0.481 e. The van der Waals surface area contributed by atoms with Crippen LogP contribution in [0, 0.1) is 11.8 Å². The van der Waals surface area contributed by atoms with Gasteiger partial charge >= 0.3 is 11.9 Å². The van der Waals surface area contributed by atoms with Crippen LogP contribution in [0.25, 0.3) is 0 Å². The number of carbonyl (C=O) groups is 2. The Morgan fingerprint density at radius 2 is 1.33 bits per heavy atom. The van der Waals surface area contributed by atoms with Crippen molar-refractivity contribution in [1.82, 2.24) is 0 Å². The molecule has 17 atom stereocenters. The van der Waals surface area contributed by atoms with Crippen molar-refractivity contribution < 1.29 is 79.6 Å². The molecule has 3 aliphatic rings. The van der Waals surface area contributed by atoms with Crippen LogP contribution in [0.4, 0.5) is 0 Å². The van der Waals surface area contributed by atoms with Gasteiger partial charge in [0, 0.05) is 31.6 Å². The minimum atomic E-state index is -2.17. The molecule has 2 bridgehead atoms. The van der Waals surface area contributed by atoms with E-state index < -0.39 is 128 Å². The first-order valence-electron chi connectivity index (χ1n) is 22.1. The zero-order chi connectivity index (χ0) is 46.7. The maximum atomic E-state index is 12.5. The molecule has 12 N–H and O–H groups in total. The number of hydrogen-bond acceptors (Lipinski definition) is 16. The number of carbonyl (C=O) groups excluding carboxylic acids is 1. The fourth-order valence-corrected chi connectivity index (χ4v) is 7.92. The van der Waals surface area contributed by atoms with E-state index in [1.807, 2.05) is 49.5 Å². The molecule has 3 rings (SSSR count). The molecular weight excluding hydrogens is 822 g/mol. The molecule has 3 aliphatic heterocycles. The minimum Gasteiger partial charge on any atom is -0.481 e. The van der Waals surface area contributed by atoms with Crippen LogP contribution < -0.4 is 5.73 Å². The molecule has 0 saturated carbocycles. The highest BCUT2D eigenvalue weighted by atomic mass is 16.7. The fraction of sp³-hybridized carbons (Fsp3) is 0.696. The van der Waals surface area contributed by atoms with Gasteiger partial charge in [-0.15, -0.1) is 0 Å². The van der Waals surface area contributed by atoms with E-state index in [4.69, 9.17) is 24.7 Å². The van der Waals surface area contributed by atoms with Gasteiger partial charge in [-0.05, 0) is 58.8 Å². The van der Waals surface area contributed by atoms with Crippen LogP contribution in [0.3, 0.4) is 0 Å². The quantitative estimate of drug-likeness (QED) is 0.180. The summed E-state index contributed by atoms with van der Waals surface area (Å²) in [4.78, 5) is 24.9. The molecule has 0 aromatic heterocycles. The number of rotatable bonds is 3. The van der Waals surface area contributed by atoms with Crippen LogP contribution in [0.5, 0.6) is 0 Å². The molecule has 17 nitrogen and oxygen atoms in total. The van der Waals surface area contributed by atoms with Crippen molar-refractivity contribution in [2.75, 3.05) is 0 Å². The van der Waals surface area contributed by atoms with Crippen molar-refractivity contribution in [3.63, 3.8) is 0 Å². The molecule has 63 heavy (non-hydrogen) atoms. The SMILES string of the molecule is C[C@H]1C[C@H](O)[C@@H](C)/C=C/C=C/CC/C=C/C=C/C=C/C=C/[C@H](O[C@@H]2O[C@H](C)[C@@H](O)[C@H](N)[C@@H]2O)C[C@@H]2O[C@](O)(C[C@@H](O)CCC[C@@H](O)C[C@@H](O)C[C@@H](O)CC(=O)O1)C[C@H](O)[C@H]2C(=O)O. The lowest BCUT2D eigenvalue weighted by molar-refractivity contribution is -0.308. The normalized spacial score (nSPS) is 43.9. The van der Waals surface area contributed by atoms with Gasteiger partial charge in [-0.3, -0.25) is 9.59 Å². The fourth-order valence-electron chi connectivity index (χ4n) is 7.92. The number of hydrogen-bond donors (Lipinski definition) is 11. The first kappa shape index (κ1) is 54.2. The van der Waals surface area contributed by atoms with Crippen LogP contribution in [0.2, 0.25) is 0 Å². The van der Waals surface area contributed by atoms with Gasteiger partial charge in [0.15, 0.2) is 12.1 Å². The second-order valence-corrected chi connectivity index (χ2v) is 17.3. The standard InChI is InChI=1S/C46H73NO16/c1-28-17-14-12-10-8-6-4-5-7-9-11-13-15-20-35(62-45-43(56)41(47)42(55)30(3)61-45)25-38-40(44(57)58)37(53)27-46(59,63-38)26-32(49)19-16-18-31(48)22-33(50)23-34(51)24-39(54)60-29(2)21-36(28)52/h4-5,7,9-15,17,20,28-38,40-43,45,48-53,55-56,59H,6,8,16,18-19,21-27,47H2,1-3H3,(H,57,58)/b5-4+,9-7+,12-10+,13-11+,17-14+,20-15+/t28-,29-,30+,31+,32-,33+,34+,35-,36-,37-,38-,40+,41-,42+,43-,45-,46+/m0/s1. The van der Waals surface area contributed by atoms with Gasteiger partial charge in [0.1, 0.15) is 18.1 Å². The third-order valence-corrected chi connectivity index (χ3v) is 11.5. The molecule has 0 aromatic carbocycles. The van der Waals surface area contributed by atoms with E-state index in [9.17, 15) is 60.7 Å². The van der Waals surface area contributed by atoms with Gasteiger partial charge in [-0.1, -0.05) is 79.8 Å². The van der Waals surface area contributed by atoms with Crippen molar-refractivity contribution >= 4 is 11.9 Å². The Morgan fingerprint density at radius 3 is 2.02 bits per heavy atom. The average molecular weight is 896 g/mol. The molecule has 0 unspecified atom stereocenters. The Morgan fingerprint density at radius 1 is 0.730 bits per heavy atom. The number of aliphatic hydroxyl groups excluding tert-OH is 8. The average Bonchev–Trinajstić information content (AvgIpc) is 3.17. The second kappa shape index (κ2) is 27.4. The predicted octanol–water partition coefficient (Wildman–Crippen LogP) is 1.72. The van der Waals surface area contributed by atoms with E-state index in [1.54, 1.807) is 44.2 Å². The van der Waals surface area contributed by atoms with Crippen molar-refractivity contribution in [2.24, 2.45) is 17.6 Å². The van der Waals surface area contributed by atoms with E-state index >= 15 is 0 Å². The molecular formula is C46H73NO16.